The van der Waals surface area contributed by atoms with Crippen LogP contribution < -0.4 is 5.56 Å². The van der Waals surface area contributed by atoms with Crippen LogP contribution in [0.1, 0.15) is 5.69 Å². The lowest BCUT2D eigenvalue weighted by molar-refractivity contribution is 1.04. The molecule has 0 aromatic carbocycles. The maximum Gasteiger partial charge on any atom is 0.264 e. The van der Waals surface area contributed by atoms with Crippen molar-refractivity contribution in [3.63, 3.8) is 0 Å². The minimum atomic E-state index is -0.151. The van der Waals surface area contributed by atoms with E-state index in [4.69, 9.17) is 0 Å². The third-order valence-electron chi connectivity index (χ3n) is 1.62. The van der Waals surface area contributed by atoms with Gasteiger partial charge in [0.1, 0.15) is 0 Å². The average molecular weight is 188 g/mol. The van der Waals surface area contributed by atoms with E-state index >= 15 is 0 Å². The van der Waals surface area contributed by atoms with Crippen molar-refractivity contribution >= 4 is 5.57 Å². The molecule has 0 unspecified atom stereocenters. The molecule has 3 nitrogen and oxygen atoms in total. The highest BCUT2D eigenvalue weighted by molar-refractivity contribution is 5.72. The largest absolute Gasteiger partial charge is 0.298 e. The van der Waals surface area contributed by atoms with E-state index < -0.39 is 0 Å². The summed E-state index contributed by atoms with van der Waals surface area (Å²) in [6, 6.07) is 1.49. The van der Waals surface area contributed by atoms with Crippen molar-refractivity contribution in [3.05, 3.63) is 65.7 Å². The van der Waals surface area contributed by atoms with Crippen LogP contribution in [0, 0.1) is 0 Å². The summed E-state index contributed by atoms with van der Waals surface area (Å²) in [4.78, 5) is 10.9. The molecule has 1 heterocycles. The van der Waals surface area contributed by atoms with Gasteiger partial charge < -0.3 is 0 Å². The first kappa shape index (κ1) is 10.1. The zero-order chi connectivity index (χ0) is 10.4. The fourth-order valence-electron chi connectivity index (χ4n) is 1.02. The summed E-state index contributed by atoms with van der Waals surface area (Å²) in [5.74, 6) is 0. The summed E-state index contributed by atoms with van der Waals surface area (Å²) < 4.78 is 0. The summed E-state index contributed by atoms with van der Waals surface area (Å²) in [5, 5.41) is 5.23. The predicted molar refractivity (Wildman–Crippen MR) is 58.9 cm³/mol. The zero-order valence-electron chi connectivity index (χ0n) is 7.79. The molecule has 0 saturated heterocycles. The van der Waals surface area contributed by atoms with Gasteiger partial charge in [-0.05, 0) is 5.57 Å². The van der Waals surface area contributed by atoms with Crippen molar-refractivity contribution in [1.82, 2.24) is 10.2 Å². The SMILES string of the molecule is C=C/C=C\C(=C/C=C)c1cc(=O)[nH][nH]1. The predicted octanol–water partition coefficient (Wildman–Crippen LogP) is 2.01. The average Bonchev–Trinajstić information content (AvgIpc) is 2.59. The van der Waals surface area contributed by atoms with E-state index in [1.54, 1.807) is 24.3 Å². The van der Waals surface area contributed by atoms with Gasteiger partial charge in [-0.2, -0.15) is 0 Å². The van der Waals surface area contributed by atoms with E-state index in [1.807, 2.05) is 6.08 Å². The minimum absolute atomic E-state index is 0.151. The molecule has 2 N–H and O–H groups in total. The summed E-state index contributed by atoms with van der Waals surface area (Å²) in [5.41, 5.74) is 1.45. The van der Waals surface area contributed by atoms with Crippen LogP contribution in [0.5, 0.6) is 0 Å². The van der Waals surface area contributed by atoms with Crippen LogP contribution in [-0.4, -0.2) is 10.2 Å². The van der Waals surface area contributed by atoms with Crippen molar-refractivity contribution in [1.29, 1.82) is 0 Å². The summed E-state index contributed by atoms with van der Waals surface area (Å²) in [6.45, 7) is 7.17. The third kappa shape index (κ3) is 2.48. The monoisotopic (exact) mass is 188 g/mol. The number of hydrogen-bond donors (Lipinski definition) is 2. The number of hydrogen-bond acceptors (Lipinski definition) is 1. The first-order chi connectivity index (χ1) is 6.77. The number of nitrogens with one attached hydrogen (secondary N) is 2. The first-order valence-electron chi connectivity index (χ1n) is 4.18. The van der Waals surface area contributed by atoms with Gasteiger partial charge in [0.05, 0.1) is 5.69 Å². The van der Waals surface area contributed by atoms with Crippen molar-refractivity contribution in [2.45, 2.75) is 0 Å². The molecule has 0 aliphatic heterocycles. The van der Waals surface area contributed by atoms with Gasteiger partial charge in [-0.25, -0.2) is 0 Å². The molecule has 0 spiro atoms. The Labute approximate surface area is 82.2 Å². The molecule has 1 rings (SSSR count). The number of rotatable bonds is 4. The molecule has 0 bridgehead atoms. The van der Waals surface area contributed by atoms with Gasteiger partial charge in [0.15, 0.2) is 0 Å². The second-order valence-electron chi connectivity index (χ2n) is 2.62. The lowest BCUT2D eigenvalue weighted by atomic mass is 10.1. The van der Waals surface area contributed by atoms with Crippen LogP contribution in [0.15, 0.2) is 54.4 Å². The molecule has 0 aliphatic carbocycles. The third-order valence-corrected chi connectivity index (χ3v) is 1.62. The molecule has 72 valence electrons. The smallest absolute Gasteiger partial charge is 0.264 e. The summed E-state index contributed by atoms with van der Waals surface area (Å²) in [7, 11) is 0. The first-order valence-corrected chi connectivity index (χ1v) is 4.18. The van der Waals surface area contributed by atoms with E-state index in [0.717, 1.165) is 11.3 Å². The van der Waals surface area contributed by atoms with Crippen LogP contribution in [0.25, 0.3) is 5.57 Å². The molecule has 1 aromatic rings. The number of aromatic amines is 2. The second kappa shape index (κ2) is 4.87. The number of aromatic nitrogens is 2. The Balaban J connectivity index is 3.06. The molecule has 0 fully saturated rings. The van der Waals surface area contributed by atoms with Crippen molar-refractivity contribution in [2.75, 3.05) is 0 Å². The van der Waals surface area contributed by atoms with Crippen LogP contribution in [0.4, 0.5) is 0 Å². The fraction of sp³-hybridized carbons (Fsp3) is 0. The molecule has 3 heteroatoms. The molecule has 1 aromatic heterocycles. The van der Waals surface area contributed by atoms with Crippen LogP contribution in [-0.2, 0) is 0 Å². The Hall–Kier alpha value is -2.03. The van der Waals surface area contributed by atoms with Gasteiger partial charge in [0.25, 0.3) is 5.56 Å². The Bertz CT molecular complexity index is 432. The molecule has 0 radical (unpaired) electrons. The highest BCUT2D eigenvalue weighted by Crippen LogP contribution is 2.10. The molecular formula is C11H12N2O. The lowest BCUT2D eigenvalue weighted by Gasteiger charge is -1.94. The van der Waals surface area contributed by atoms with Crippen molar-refractivity contribution in [2.24, 2.45) is 0 Å². The lowest BCUT2D eigenvalue weighted by Crippen LogP contribution is -1.93. The quantitative estimate of drug-likeness (QED) is 0.698. The maximum atomic E-state index is 10.9. The van der Waals surface area contributed by atoms with E-state index in [0.29, 0.717) is 0 Å². The Kier molecular flexibility index (Phi) is 3.49. The molecule has 0 aliphatic rings. The second-order valence-corrected chi connectivity index (χ2v) is 2.62. The van der Waals surface area contributed by atoms with Crippen LogP contribution in [0.3, 0.4) is 0 Å². The zero-order valence-corrected chi connectivity index (χ0v) is 7.79. The van der Waals surface area contributed by atoms with E-state index in [-0.39, 0.29) is 5.56 Å². The molecule has 0 amide bonds. The number of allylic oxidation sites excluding steroid dienone is 6. The van der Waals surface area contributed by atoms with Gasteiger partial charge in [0, 0.05) is 6.07 Å². The van der Waals surface area contributed by atoms with Crippen molar-refractivity contribution < 1.29 is 0 Å². The van der Waals surface area contributed by atoms with E-state index in [2.05, 4.69) is 23.4 Å². The molecular weight excluding hydrogens is 176 g/mol. The van der Waals surface area contributed by atoms with Crippen LogP contribution >= 0.6 is 0 Å². The normalized spacial score (nSPS) is 11.9. The molecule has 14 heavy (non-hydrogen) atoms. The van der Waals surface area contributed by atoms with Gasteiger partial charge in [-0.15, -0.1) is 0 Å². The topological polar surface area (TPSA) is 48.6 Å². The Morgan fingerprint density at radius 2 is 2.07 bits per heavy atom. The standard InChI is InChI=1S/C11H12N2O/c1-3-5-7-9(6-4-2)10-8-11(14)13-12-10/h3-8H,1-2H2,(H2,12,13,14)/b7-5-,9-6+. The van der Waals surface area contributed by atoms with Crippen LogP contribution in [0.2, 0.25) is 0 Å². The van der Waals surface area contributed by atoms with Gasteiger partial charge in [0.2, 0.25) is 0 Å². The van der Waals surface area contributed by atoms with Gasteiger partial charge in [-0.1, -0.05) is 43.5 Å². The molecule has 0 saturated carbocycles. The highest BCUT2D eigenvalue weighted by Gasteiger charge is 1.98. The fourth-order valence-corrected chi connectivity index (χ4v) is 1.02. The molecule has 0 atom stereocenters. The van der Waals surface area contributed by atoms with E-state index in [9.17, 15) is 4.79 Å². The van der Waals surface area contributed by atoms with Crippen molar-refractivity contribution in [3.8, 4) is 0 Å². The minimum Gasteiger partial charge on any atom is -0.298 e. The number of H-pyrrole nitrogens is 2. The maximum absolute atomic E-state index is 10.9. The van der Waals surface area contributed by atoms with E-state index in [1.165, 1.54) is 6.07 Å². The summed E-state index contributed by atoms with van der Waals surface area (Å²) in [6.07, 6.45) is 8.77. The van der Waals surface area contributed by atoms with Gasteiger partial charge in [-0.3, -0.25) is 15.0 Å². The Morgan fingerprint density at radius 3 is 2.57 bits per heavy atom. The van der Waals surface area contributed by atoms with Gasteiger partial charge >= 0.3 is 0 Å². The highest BCUT2D eigenvalue weighted by atomic mass is 16.1. The summed E-state index contributed by atoms with van der Waals surface area (Å²) >= 11 is 0. The Morgan fingerprint density at radius 1 is 1.29 bits per heavy atom.